The lowest BCUT2D eigenvalue weighted by Gasteiger charge is -2.35. The minimum Gasteiger partial charge on any atom is -0.494 e. The van der Waals surface area contributed by atoms with Gasteiger partial charge in [0.25, 0.3) is 10.0 Å². The van der Waals surface area contributed by atoms with Gasteiger partial charge in [-0.15, -0.1) is 0 Å². The summed E-state index contributed by atoms with van der Waals surface area (Å²) in [7, 11) is -4.21. The average molecular weight is 649 g/mol. The van der Waals surface area contributed by atoms with Gasteiger partial charge in [-0.25, -0.2) is 8.42 Å². The van der Waals surface area contributed by atoms with Crippen molar-refractivity contribution in [1.82, 2.24) is 10.2 Å². The first-order valence-electron chi connectivity index (χ1n) is 14.0. The van der Waals surface area contributed by atoms with Crippen LogP contribution in [0.25, 0.3) is 0 Å². The standard InChI is InChI=1S/C32H39Cl2N3O5S/c1-7-29(31(39)35-32(4,5)6)36(20-23-11-12-24(33)19-28(23)34)30(38)21-37(25-13-9-22(3)10-14-25)43(40,41)27-17-15-26(16-18-27)42-8-2/h9-19,29H,7-8,20-21H2,1-6H3,(H,35,39). The van der Waals surface area contributed by atoms with E-state index in [1.54, 1.807) is 61.5 Å². The molecule has 3 aromatic rings. The average Bonchev–Trinajstić information content (AvgIpc) is 2.92. The number of ether oxygens (including phenoxy) is 1. The summed E-state index contributed by atoms with van der Waals surface area (Å²) in [6.45, 7) is 10.9. The maximum Gasteiger partial charge on any atom is 0.264 e. The van der Waals surface area contributed by atoms with Crippen molar-refractivity contribution in [2.24, 2.45) is 0 Å². The Balaban J connectivity index is 2.08. The number of sulfonamides is 1. The smallest absolute Gasteiger partial charge is 0.264 e. The summed E-state index contributed by atoms with van der Waals surface area (Å²) in [5.41, 5.74) is 1.25. The van der Waals surface area contributed by atoms with Gasteiger partial charge in [-0.05, 0) is 95.1 Å². The van der Waals surface area contributed by atoms with Gasteiger partial charge in [0.2, 0.25) is 11.8 Å². The predicted molar refractivity (Wildman–Crippen MR) is 172 cm³/mol. The van der Waals surface area contributed by atoms with Crippen LogP contribution in [0.5, 0.6) is 5.75 Å². The Bertz CT molecular complexity index is 1520. The molecule has 0 aliphatic rings. The molecule has 0 aliphatic heterocycles. The van der Waals surface area contributed by atoms with Crippen LogP contribution in [0.3, 0.4) is 0 Å². The number of hydrogen-bond acceptors (Lipinski definition) is 5. The molecule has 0 saturated heterocycles. The van der Waals surface area contributed by atoms with Crippen molar-refractivity contribution in [3.05, 3.63) is 87.9 Å². The van der Waals surface area contributed by atoms with E-state index < -0.39 is 34.1 Å². The van der Waals surface area contributed by atoms with E-state index in [9.17, 15) is 18.0 Å². The molecule has 3 rings (SSSR count). The molecular weight excluding hydrogens is 609 g/mol. The van der Waals surface area contributed by atoms with Gasteiger partial charge in [-0.2, -0.15) is 0 Å². The number of nitrogens with zero attached hydrogens (tertiary/aromatic N) is 2. The number of rotatable bonds is 12. The number of halogens is 2. The summed E-state index contributed by atoms with van der Waals surface area (Å²) in [5, 5.41) is 3.70. The fourth-order valence-electron chi connectivity index (χ4n) is 4.45. The Kier molecular flexibility index (Phi) is 11.5. The second-order valence-electron chi connectivity index (χ2n) is 11.2. The fraction of sp³-hybridized carbons (Fsp3) is 0.375. The highest BCUT2D eigenvalue weighted by atomic mass is 35.5. The highest BCUT2D eigenvalue weighted by Gasteiger charge is 2.35. The molecule has 0 radical (unpaired) electrons. The van der Waals surface area contributed by atoms with Gasteiger partial charge >= 0.3 is 0 Å². The molecule has 1 N–H and O–H groups in total. The van der Waals surface area contributed by atoms with Gasteiger partial charge in [0.05, 0.1) is 17.2 Å². The minimum atomic E-state index is -4.21. The Morgan fingerprint density at radius 3 is 2.12 bits per heavy atom. The molecule has 1 unspecified atom stereocenters. The second kappa shape index (κ2) is 14.5. The highest BCUT2D eigenvalue weighted by Crippen LogP contribution is 2.28. The Morgan fingerprint density at radius 1 is 0.953 bits per heavy atom. The number of carbonyl (C=O) groups is 2. The maximum atomic E-state index is 14.2. The predicted octanol–water partition coefficient (Wildman–Crippen LogP) is 6.62. The van der Waals surface area contributed by atoms with Crippen molar-refractivity contribution in [2.45, 2.75) is 71.0 Å². The number of amides is 2. The Hall–Kier alpha value is -3.27. The van der Waals surface area contributed by atoms with Crippen molar-refractivity contribution in [1.29, 1.82) is 0 Å². The first-order chi connectivity index (χ1) is 20.2. The van der Waals surface area contributed by atoms with E-state index in [4.69, 9.17) is 27.9 Å². The van der Waals surface area contributed by atoms with E-state index in [0.29, 0.717) is 33.7 Å². The first kappa shape index (κ1) is 34.2. The first-order valence-corrected chi connectivity index (χ1v) is 16.2. The van der Waals surface area contributed by atoms with Crippen LogP contribution in [0.15, 0.2) is 71.6 Å². The lowest BCUT2D eigenvalue weighted by atomic mass is 10.1. The van der Waals surface area contributed by atoms with Crippen LogP contribution in [0, 0.1) is 6.92 Å². The summed E-state index contributed by atoms with van der Waals surface area (Å²) in [6.07, 6.45) is 0.287. The molecule has 0 spiro atoms. The van der Waals surface area contributed by atoms with Crippen molar-refractivity contribution < 1.29 is 22.7 Å². The fourth-order valence-corrected chi connectivity index (χ4v) is 6.33. The molecule has 43 heavy (non-hydrogen) atoms. The minimum absolute atomic E-state index is 0.00543. The van der Waals surface area contributed by atoms with Crippen molar-refractivity contribution in [2.75, 3.05) is 17.5 Å². The number of benzene rings is 3. The SMILES string of the molecule is CCOc1ccc(S(=O)(=O)N(CC(=O)N(Cc2ccc(Cl)cc2Cl)C(CC)C(=O)NC(C)(C)C)c2ccc(C)cc2)cc1. The number of carbonyl (C=O) groups excluding carboxylic acids is 2. The van der Waals surface area contributed by atoms with Crippen LogP contribution in [0.1, 0.15) is 52.2 Å². The zero-order valence-electron chi connectivity index (χ0n) is 25.4. The van der Waals surface area contributed by atoms with Crippen molar-refractivity contribution in [3.63, 3.8) is 0 Å². The van der Waals surface area contributed by atoms with E-state index >= 15 is 0 Å². The van der Waals surface area contributed by atoms with Crippen molar-refractivity contribution in [3.8, 4) is 5.75 Å². The number of hydrogen-bond donors (Lipinski definition) is 1. The Labute approximate surface area is 265 Å². The molecule has 0 aliphatic carbocycles. The van der Waals surface area contributed by atoms with Crippen LogP contribution in [0.2, 0.25) is 10.0 Å². The van der Waals surface area contributed by atoms with Gasteiger partial charge in [0.1, 0.15) is 18.3 Å². The molecule has 3 aromatic carbocycles. The van der Waals surface area contributed by atoms with Gasteiger partial charge in [-0.3, -0.25) is 13.9 Å². The maximum absolute atomic E-state index is 14.2. The zero-order chi connectivity index (χ0) is 31.9. The summed E-state index contributed by atoms with van der Waals surface area (Å²) in [6, 6.07) is 16.9. The molecule has 2 amide bonds. The molecule has 0 saturated carbocycles. The quantitative estimate of drug-likeness (QED) is 0.238. The van der Waals surface area contributed by atoms with Crippen LogP contribution < -0.4 is 14.4 Å². The lowest BCUT2D eigenvalue weighted by molar-refractivity contribution is -0.141. The van der Waals surface area contributed by atoms with E-state index in [1.165, 1.54) is 17.0 Å². The molecule has 0 heterocycles. The summed E-state index contributed by atoms with van der Waals surface area (Å²) in [5.74, 6) is -0.400. The topological polar surface area (TPSA) is 96.0 Å². The van der Waals surface area contributed by atoms with E-state index in [0.717, 1.165) is 9.87 Å². The third-order valence-corrected chi connectivity index (χ3v) is 8.94. The summed E-state index contributed by atoms with van der Waals surface area (Å²) in [4.78, 5) is 29.0. The van der Waals surface area contributed by atoms with Crippen LogP contribution in [-0.4, -0.2) is 49.9 Å². The van der Waals surface area contributed by atoms with Crippen LogP contribution in [0.4, 0.5) is 5.69 Å². The molecule has 0 bridgehead atoms. The van der Waals surface area contributed by atoms with E-state index in [1.807, 2.05) is 34.6 Å². The third-order valence-electron chi connectivity index (χ3n) is 6.56. The molecular formula is C32H39Cl2N3O5S. The van der Waals surface area contributed by atoms with Gasteiger partial charge in [-0.1, -0.05) is 53.9 Å². The number of nitrogens with one attached hydrogen (secondary N) is 1. The number of anilines is 1. The third kappa shape index (κ3) is 9.11. The molecule has 1 atom stereocenters. The van der Waals surface area contributed by atoms with E-state index in [-0.39, 0.29) is 23.8 Å². The van der Waals surface area contributed by atoms with Gasteiger partial charge in [0.15, 0.2) is 0 Å². The molecule has 232 valence electrons. The second-order valence-corrected chi connectivity index (χ2v) is 13.9. The molecule has 0 aromatic heterocycles. The monoisotopic (exact) mass is 647 g/mol. The largest absolute Gasteiger partial charge is 0.494 e. The molecule has 11 heteroatoms. The normalized spacial score (nSPS) is 12.4. The van der Waals surface area contributed by atoms with Gasteiger partial charge < -0.3 is 15.0 Å². The van der Waals surface area contributed by atoms with Crippen LogP contribution in [-0.2, 0) is 26.2 Å². The highest BCUT2D eigenvalue weighted by molar-refractivity contribution is 7.92. The van der Waals surface area contributed by atoms with E-state index in [2.05, 4.69) is 5.32 Å². The summed E-state index contributed by atoms with van der Waals surface area (Å²) >= 11 is 12.6. The summed E-state index contributed by atoms with van der Waals surface area (Å²) < 4.78 is 34.6. The zero-order valence-corrected chi connectivity index (χ0v) is 27.7. The molecule has 0 fully saturated rings. The number of aryl methyl sites for hydroxylation is 1. The van der Waals surface area contributed by atoms with Gasteiger partial charge in [0, 0.05) is 22.1 Å². The van der Waals surface area contributed by atoms with Crippen molar-refractivity contribution >= 4 is 50.7 Å². The lowest BCUT2D eigenvalue weighted by Crippen LogP contribution is -2.55. The Morgan fingerprint density at radius 2 is 1.58 bits per heavy atom. The molecule has 8 nitrogen and oxygen atoms in total. The van der Waals surface area contributed by atoms with Crippen LogP contribution >= 0.6 is 23.2 Å².